The maximum absolute atomic E-state index is 13.9. The SMILES string of the molecule is CN1CCN(c2ccc(C(=O)Nc3n[nH]c4c3CN(S(=O)(=O)c3cc(F)cc(F)c3)C4(C)C)c(NC(=O)c3cccnc3)c2)CC1. The fraction of sp³-hybridized carbons (Fsp3) is 0.290. The van der Waals surface area contributed by atoms with Gasteiger partial charge in [-0.05, 0) is 63.4 Å². The molecule has 6 rings (SSSR count). The third-order valence-corrected chi connectivity index (χ3v) is 10.3. The number of halogens is 2. The number of sulfonamides is 1. The number of nitrogens with one attached hydrogen (secondary N) is 3. The Labute approximate surface area is 264 Å². The van der Waals surface area contributed by atoms with Gasteiger partial charge in [0.25, 0.3) is 11.8 Å². The quantitative estimate of drug-likeness (QED) is 0.274. The van der Waals surface area contributed by atoms with Crippen LogP contribution >= 0.6 is 0 Å². The number of rotatable bonds is 7. The number of H-pyrrole nitrogens is 1. The Morgan fingerprint density at radius 2 is 1.67 bits per heavy atom. The van der Waals surface area contributed by atoms with Gasteiger partial charge in [0, 0.05) is 62.4 Å². The zero-order chi connectivity index (χ0) is 32.8. The molecule has 15 heteroatoms. The number of carbonyl (C=O) groups is 2. The molecule has 0 saturated carbocycles. The maximum atomic E-state index is 13.9. The lowest BCUT2D eigenvalue weighted by molar-refractivity contribution is 0.102. The van der Waals surface area contributed by atoms with Gasteiger partial charge in [-0.3, -0.25) is 19.7 Å². The summed E-state index contributed by atoms with van der Waals surface area (Å²) >= 11 is 0. The minimum atomic E-state index is -4.36. The molecule has 0 atom stereocenters. The van der Waals surface area contributed by atoms with E-state index in [2.05, 4.69) is 35.6 Å². The van der Waals surface area contributed by atoms with Crippen molar-refractivity contribution in [2.24, 2.45) is 0 Å². The monoisotopic (exact) mass is 650 g/mol. The Balaban J connectivity index is 1.29. The van der Waals surface area contributed by atoms with E-state index in [1.807, 2.05) is 13.1 Å². The van der Waals surface area contributed by atoms with Gasteiger partial charge in [0.2, 0.25) is 10.0 Å². The Morgan fingerprint density at radius 1 is 0.957 bits per heavy atom. The van der Waals surface area contributed by atoms with Crippen LogP contribution in [0.5, 0.6) is 0 Å². The van der Waals surface area contributed by atoms with Crippen molar-refractivity contribution in [2.75, 3.05) is 48.8 Å². The smallest absolute Gasteiger partial charge is 0.258 e. The van der Waals surface area contributed by atoms with Crippen LogP contribution in [0.4, 0.5) is 26.0 Å². The Morgan fingerprint density at radius 3 is 2.35 bits per heavy atom. The van der Waals surface area contributed by atoms with Crippen LogP contribution in [0, 0.1) is 11.6 Å². The summed E-state index contributed by atoms with van der Waals surface area (Å²) in [4.78, 5) is 34.7. The first-order valence-electron chi connectivity index (χ1n) is 14.5. The van der Waals surface area contributed by atoms with Crippen LogP contribution in [0.25, 0.3) is 0 Å². The number of aromatic amines is 1. The fourth-order valence-corrected chi connectivity index (χ4v) is 7.51. The first-order chi connectivity index (χ1) is 21.8. The third kappa shape index (κ3) is 5.84. The van der Waals surface area contributed by atoms with Crippen LogP contribution in [0.15, 0.2) is 65.8 Å². The highest BCUT2D eigenvalue weighted by Crippen LogP contribution is 2.44. The number of aromatic nitrogens is 3. The molecule has 4 aromatic rings. The molecule has 0 aliphatic carbocycles. The molecule has 240 valence electrons. The molecule has 0 unspecified atom stereocenters. The second-order valence-electron chi connectivity index (χ2n) is 11.8. The normalized spacial score (nSPS) is 16.7. The molecule has 2 aromatic heterocycles. The maximum Gasteiger partial charge on any atom is 0.258 e. The summed E-state index contributed by atoms with van der Waals surface area (Å²) in [5.41, 5.74) is 1.19. The minimum absolute atomic E-state index is 0.0869. The number of piperazine rings is 1. The van der Waals surface area contributed by atoms with Crippen molar-refractivity contribution < 1.29 is 26.8 Å². The van der Waals surface area contributed by atoms with E-state index in [4.69, 9.17) is 0 Å². The van der Waals surface area contributed by atoms with E-state index in [1.54, 1.807) is 44.3 Å². The summed E-state index contributed by atoms with van der Waals surface area (Å²) in [6, 6.07) is 10.5. The number of anilines is 3. The topological polar surface area (TPSA) is 144 Å². The minimum Gasteiger partial charge on any atom is -0.369 e. The average molecular weight is 651 g/mol. The number of amides is 2. The summed E-state index contributed by atoms with van der Waals surface area (Å²) < 4.78 is 56.1. The molecule has 2 amide bonds. The number of likely N-dealkylation sites (N-methyl/N-ethyl adjacent to an activating group) is 1. The number of carbonyl (C=O) groups excluding carboxylic acids is 2. The van der Waals surface area contributed by atoms with Crippen LogP contribution in [-0.4, -0.2) is 77.8 Å². The van der Waals surface area contributed by atoms with Crippen LogP contribution in [-0.2, 0) is 22.1 Å². The summed E-state index contributed by atoms with van der Waals surface area (Å²) in [6.45, 7) is 6.30. The van der Waals surface area contributed by atoms with Gasteiger partial charge in [-0.15, -0.1) is 0 Å². The zero-order valence-corrected chi connectivity index (χ0v) is 26.2. The molecule has 0 radical (unpaired) electrons. The average Bonchev–Trinajstić information content (AvgIpc) is 3.55. The van der Waals surface area contributed by atoms with Gasteiger partial charge in [0.1, 0.15) is 11.6 Å². The molecule has 2 aromatic carbocycles. The largest absolute Gasteiger partial charge is 0.369 e. The van der Waals surface area contributed by atoms with Gasteiger partial charge in [-0.25, -0.2) is 17.2 Å². The van der Waals surface area contributed by atoms with E-state index in [-0.39, 0.29) is 23.6 Å². The van der Waals surface area contributed by atoms with E-state index in [9.17, 15) is 26.8 Å². The van der Waals surface area contributed by atoms with Crippen LogP contribution in [0.3, 0.4) is 0 Å². The summed E-state index contributed by atoms with van der Waals surface area (Å²) in [5, 5.41) is 12.7. The number of benzene rings is 2. The van der Waals surface area contributed by atoms with E-state index in [1.165, 1.54) is 6.20 Å². The van der Waals surface area contributed by atoms with E-state index in [0.29, 0.717) is 22.9 Å². The Bertz CT molecular complexity index is 1910. The van der Waals surface area contributed by atoms with Crippen molar-refractivity contribution in [3.8, 4) is 0 Å². The molecule has 1 saturated heterocycles. The van der Waals surface area contributed by atoms with E-state index >= 15 is 0 Å². The summed E-state index contributed by atoms with van der Waals surface area (Å²) in [7, 11) is -2.31. The zero-order valence-electron chi connectivity index (χ0n) is 25.3. The standard InChI is InChI=1S/C31H32F2N8O4S/c1-31(2)27-25(18-41(31)46(44,45)23-14-20(32)13-21(33)15-23)28(38-37-27)36-30(43)24-7-6-22(40-11-9-39(3)10-12-40)16-26(24)35-29(42)19-5-4-8-34-17-19/h4-8,13-17H,9-12,18H2,1-3H3,(H,35,42)(H2,36,37,38,43). The third-order valence-electron chi connectivity index (χ3n) is 8.35. The lowest BCUT2D eigenvalue weighted by Crippen LogP contribution is -2.44. The van der Waals surface area contributed by atoms with Crippen molar-refractivity contribution in [2.45, 2.75) is 30.8 Å². The Kier molecular flexibility index (Phi) is 8.08. The first kappa shape index (κ1) is 31.3. The van der Waals surface area contributed by atoms with Crippen LogP contribution in [0.1, 0.15) is 45.8 Å². The van der Waals surface area contributed by atoms with Crippen molar-refractivity contribution >= 4 is 39.0 Å². The highest BCUT2D eigenvalue weighted by Gasteiger charge is 2.48. The number of hydrogen-bond acceptors (Lipinski definition) is 8. The van der Waals surface area contributed by atoms with Crippen molar-refractivity contribution in [1.82, 2.24) is 24.4 Å². The number of fused-ring (bicyclic) bond motifs is 1. The predicted octanol–water partition coefficient (Wildman–Crippen LogP) is 3.78. The number of hydrogen-bond donors (Lipinski definition) is 3. The second kappa shape index (κ2) is 11.9. The van der Waals surface area contributed by atoms with Gasteiger partial charge in [-0.1, -0.05) is 0 Å². The van der Waals surface area contributed by atoms with Gasteiger partial charge in [0.15, 0.2) is 5.82 Å². The van der Waals surface area contributed by atoms with Crippen molar-refractivity contribution in [3.63, 3.8) is 0 Å². The van der Waals surface area contributed by atoms with Crippen LogP contribution < -0.4 is 15.5 Å². The summed E-state index contributed by atoms with van der Waals surface area (Å²) in [6.07, 6.45) is 2.97. The van der Waals surface area contributed by atoms with Crippen LogP contribution in [0.2, 0.25) is 0 Å². The molecule has 2 aliphatic heterocycles. The Hall–Kier alpha value is -4.73. The van der Waals surface area contributed by atoms with Gasteiger partial charge < -0.3 is 20.4 Å². The number of nitrogens with zero attached hydrogens (tertiary/aromatic N) is 5. The molecule has 46 heavy (non-hydrogen) atoms. The molecule has 12 nitrogen and oxygen atoms in total. The molecule has 1 fully saturated rings. The highest BCUT2D eigenvalue weighted by molar-refractivity contribution is 7.89. The molecule has 4 heterocycles. The molecule has 0 bridgehead atoms. The summed E-state index contributed by atoms with van der Waals surface area (Å²) in [5.74, 6) is -2.99. The molecule has 3 N–H and O–H groups in total. The van der Waals surface area contributed by atoms with Crippen molar-refractivity contribution in [3.05, 3.63) is 94.9 Å². The first-order valence-corrected chi connectivity index (χ1v) is 16.0. The van der Waals surface area contributed by atoms with Crippen molar-refractivity contribution in [1.29, 1.82) is 0 Å². The number of pyridine rings is 1. The lowest BCUT2D eigenvalue weighted by atomic mass is 10.0. The van der Waals surface area contributed by atoms with E-state index < -0.39 is 43.9 Å². The van der Waals surface area contributed by atoms with Gasteiger partial charge in [-0.2, -0.15) is 9.40 Å². The second-order valence-corrected chi connectivity index (χ2v) is 13.6. The highest BCUT2D eigenvalue weighted by atomic mass is 32.2. The molecular weight excluding hydrogens is 618 g/mol. The van der Waals surface area contributed by atoms with Gasteiger partial charge in [0.05, 0.1) is 32.9 Å². The predicted molar refractivity (Wildman–Crippen MR) is 167 cm³/mol. The lowest BCUT2D eigenvalue weighted by Gasteiger charge is -2.34. The van der Waals surface area contributed by atoms with Gasteiger partial charge >= 0.3 is 0 Å². The molecular formula is C31H32F2N8O4S. The fourth-order valence-electron chi connectivity index (χ4n) is 5.75. The van der Waals surface area contributed by atoms with E-state index in [0.717, 1.165) is 48.3 Å². The molecule has 0 spiro atoms. The molecule has 2 aliphatic rings.